The van der Waals surface area contributed by atoms with Gasteiger partial charge in [0.2, 0.25) is 11.8 Å². The minimum absolute atomic E-state index is 0.0362. The molecular weight excluding hydrogens is 252 g/mol. The van der Waals surface area contributed by atoms with Crippen molar-refractivity contribution in [1.29, 1.82) is 0 Å². The highest BCUT2D eigenvalue weighted by Gasteiger charge is 2.20. The summed E-state index contributed by atoms with van der Waals surface area (Å²) in [6, 6.07) is 7.61. The van der Waals surface area contributed by atoms with Gasteiger partial charge in [0.25, 0.3) is 0 Å². The van der Waals surface area contributed by atoms with Crippen LogP contribution in [0.4, 0.5) is 11.8 Å². The third-order valence-corrected chi connectivity index (χ3v) is 2.90. The van der Waals surface area contributed by atoms with E-state index >= 15 is 0 Å². The first-order valence-corrected chi connectivity index (χ1v) is 6.45. The zero-order valence-corrected chi connectivity index (χ0v) is 12.3. The van der Waals surface area contributed by atoms with Gasteiger partial charge in [-0.15, -0.1) is 0 Å². The van der Waals surface area contributed by atoms with E-state index in [4.69, 9.17) is 16.2 Å². The number of aryl methyl sites for hydroxylation is 1. The summed E-state index contributed by atoms with van der Waals surface area (Å²) in [5.41, 5.74) is 13.5. The molecule has 0 saturated carbocycles. The monoisotopic (exact) mass is 272 g/mol. The Kier molecular flexibility index (Phi) is 3.53. The van der Waals surface area contributed by atoms with Crippen LogP contribution in [0.2, 0.25) is 0 Å². The first-order valence-electron chi connectivity index (χ1n) is 6.45. The molecule has 1 heterocycles. The topological polar surface area (TPSA) is 87.0 Å². The maximum Gasteiger partial charge on any atom is 0.226 e. The molecule has 0 spiro atoms. The van der Waals surface area contributed by atoms with Crippen molar-refractivity contribution in [3.63, 3.8) is 0 Å². The molecule has 20 heavy (non-hydrogen) atoms. The van der Waals surface area contributed by atoms with Crippen molar-refractivity contribution in [1.82, 2.24) is 9.97 Å². The molecule has 5 nitrogen and oxygen atoms in total. The van der Waals surface area contributed by atoms with Gasteiger partial charge in [-0.25, -0.2) is 0 Å². The molecule has 2 aromatic rings. The van der Waals surface area contributed by atoms with E-state index in [1.54, 1.807) is 6.07 Å². The first-order chi connectivity index (χ1) is 9.25. The number of nitrogens with zero attached hydrogens (tertiary/aromatic N) is 2. The summed E-state index contributed by atoms with van der Waals surface area (Å²) in [7, 11) is 0. The summed E-state index contributed by atoms with van der Waals surface area (Å²) >= 11 is 0. The lowest BCUT2D eigenvalue weighted by Gasteiger charge is -2.23. The summed E-state index contributed by atoms with van der Waals surface area (Å²) in [5.74, 6) is 1.49. The van der Waals surface area contributed by atoms with Crippen molar-refractivity contribution in [2.24, 2.45) is 0 Å². The molecule has 1 aromatic carbocycles. The Morgan fingerprint density at radius 1 is 1.05 bits per heavy atom. The van der Waals surface area contributed by atoms with E-state index in [1.807, 2.05) is 12.1 Å². The smallest absolute Gasteiger partial charge is 0.226 e. The van der Waals surface area contributed by atoms with Gasteiger partial charge >= 0.3 is 0 Å². The molecule has 4 N–H and O–H groups in total. The van der Waals surface area contributed by atoms with Crippen LogP contribution in [0.15, 0.2) is 24.3 Å². The van der Waals surface area contributed by atoms with Crippen LogP contribution in [0.1, 0.15) is 31.9 Å². The van der Waals surface area contributed by atoms with Crippen LogP contribution in [0.3, 0.4) is 0 Å². The van der Waals surface area contributed by atoms with Crippen LogP contribution >= 0.6 is 0 Å². The molecule has 2 rings (SSSR count). The van der Waals surface area contributed by atoms with Crippen molar-refractivity contribution < 1.29 is 4.74 Å². The quantitative estimate of drug-likeness (QED) is 0.877. The second-order valence-corrected chi connectivity index (χ2v) is 5.84. The fraction of sp³-hybridized carbons (Fsp3) is 0.333. The van der Waals surface area contributed by atoms with Crippen LogP contribution in [-0.4, -0.2) is 9.97 Å². The van der Waals surface area contributed by atoms with Crippen LogP contribution in [0.5, 0.6) is 11.6 Å². The van der Waals surface area contributed by atoms with Gasteiger partial charge in [-0.3, -0.25) is 0 Å². The number of aromatic nitrogens is 2. The predicted octanol–water partition coefficient (Wildman–Crippen LogP) is 3.04. The number of benzene rings is 1. The maximum absolute atomic E-state index is 5.84. The van der Waals surface area contributed by atoms with E-state index in [0.29, 0.717) is 5.88 Å². The number of hydrogen-bond acceptors (Lipinski definition) is 5. The predicted molar refractivity (Wildman–Crippen MR) is 80.8 cm³/mol. The van der Waals surface area contributed by atoms with Crippen molar-refractivity contribution >= 4 is 11.8 Å². The van der Waals surface area contributed by atoms with Gasteiger partial charge in [0.1, 0.15) is 11.6 Å². The molecule has 0 amide bonds. The van der Waals surface area contributed by atoms with Gasteiger partial charge in [0.05, 0.1) is 0 Å². The number of rotatable bonds is 2. The lowest BCUT2D eigenvalue weighted by Crippen LogP contribution is -2.13. The van der Waals surface area contributed by atoms with Crippen LogP contribution in [-0.2, 0) is 5.41 Å². The summed E-state index contributed by atoms with van der Waals surface area (Å²) in [6.45, 7) is 8.46. The first kappa shape index (κ1) is 14.1. The van der Waals surface area contributed by atoms with Gasteiger partial charge in [-0.1, -0.05) is 38.5 Å². The highest BCUT2D eigenvalue weighted by Crippen LogP contribution is 2.34. The van der Waals surface area contributed by atoms with Crippen LogP contribution in [0, 0.1) is 6.92 Å². The average Bonchev–Trinajstić information content (AvgIpc) is 2.28. The minimum atomic E-state index is -0.0362. The zero-order valence-electron chi connectivity index (χ0n) is 12.3. The molecule has 0 aliphatic carbocycles. The molecule has 0 saturated heterocycles. The number of nitrogen functional groups attached to an aromatic ring is 2. The molecule has 0 aliphatic heterocycles. The summed E-state index contributed by atoms with van der Waals surface area (Å²) in [5, 5.41) is 0. The normalized spacial score (nSPS) is 11.4. The summed E-state index contributed by atoms with van der Waals surface area (Å²) in [6.07, 6.45) is 0. The Bertz CT molecular complexity index is 612. The van der Waals surface area contributed by atoms with E-state index in [2.05, 4.69) is 43.7 Å². The van der Waals surface area contributed by atoms with Gasteiger partial charge < -0.3 is 16.2 Å². The fourth-order valence-corrected chi connectivity index (χ4v) is 1.95. The molecule has 0 radical (unpaired) electrons. The van der Waals surface area contributed by atoms with E-state index in [0.717, 1.165) is 11.3 Å². The fourth-order valence-electron chi connectivity index (χ4n) is 1.95. The number of ether oxygens (including phenoxy) is 1. The molecular formula is C15H20N4O. The third-order valence-electron chi connectivity index (χ3n) is 2.90. The number of anilines is 2. The lowest BCUT2D eigenvalue weighted by molar-refractivity contribution is 0.440. The van der Waals surface area contributed by atoms with Crippen molar-refractivity contribution in [2.45, 2.75) is 33.1 Å². The molecule has 0 bridgehead atoms. The van der Waals surface area contributed by atoms with E-state index < -0.39 is 0 Å². The van der Waals surface area contributed by atoms with Gasteiger partial charge in [0, 0.05) is 11.6 Å². The Balaban J connectivity index is 2.43. The average molecular weight is 272 g/mol. The maximum atomic E-state index is 5.84. The SMILES string of the molecule is Cc1ccc(Oc2cc(N)nc(N)n2)c(C(C)(C)C)c1. The molecule has 1 aromatic heterocycles. The number of nitrogens with two attached hydrogens (primary N) is 2. The van der Waals surface area contributed by atoms with Gasteiger partial charge in [-0.05, 0) is 18.4 Å². The van der Waals surface area contributed by atoms with Crippen LogP contribution < -0.4 is 16.2 Å². The highest BCUT2D eigenvalue weighted by atomic mass is 16.5. The Morgan fingerprint density at radius 3 is 2.35 bits per heavy atom. The summed E-state index contributed by atoms with van der Waals surface area (Å²) < 4.78 is 5.84. The molecule has 0 aliphatic rings. The standard InChI is InChI=1S/C15H20N4O/c1-9-5-6-11(10(7-9)15(2,3)4)20-13-8-12(16)18-14(17)19-13/h5-8H,1-4H3,(H4,16,17,18,19). The molecule has 5 heteroatoms. The van der Waals surface area contributed by atoms with E-state index in [-0.39, 0.29) is 17.2 Å². The van der Waals surface area contributed by atoms with Crippen LogP contribution in [0.25, 0.3) is 0 Å². The number of hydrogen-bond donors (Lipinski definition) is 2. The van der Waals surface area contributed by atoms with Gasteiger partial charge in [0.15, 0.2) is 0 Å². The lowest BCUT2D eigenvalue weighted by atomic mass is 9.85. The Morgan fingerprint density at radius 2 is 1.75 bits per heavy atom. The molecule has 106 valence electrons. The Labute approximate surface area is 119 Å². The molecule has 0 fully saturated rings. The minimum Gasteiger partial charge on any atom is -0.438 e. The largest absolute Gasteiger partial charge is 0.438 e. The zero-order chi connectivity index (χ0) is 14.9. The second-order valence-electron chi connectivity index (χ2n) is 5.84. The third kappa shape index (κ3) is 3.17. The van der Waals surface area contributed by atoms with Crippen molar-refractivity contribution in [3.8, 4) is 11.6 Å². The Hall–Kier alpha value is -2.30. The van der Waals surface area contributed by atoms with Gasteiger partial charge in [-0.2, -0.15) is 9.97 Å². The summed E-state index contributed by atoms with van der Waals surface area (Å²) in [4.78, 5) is 7.86. The van der Waals surface area contributed by atoms with Crippen molar-refractivity contribution in [3.05, 3.63) is 35.4 Å². The highest BCUT2D eigenvalue weighted by molar-refractivity contribution is 5.45. The molecule has 0 atom stereocenters. The van der Waals surface area contributed by atoms with E-state index in [9.17, 15) is 0 Å². The van der Waals surface area contributed by atoms with E-state index in [1.165, 1.54) is 5.56 Å². The molecule has 0 unspecified atom stereocenters. The second kappa shape index (κ2) is 5.00. The van der Waals surface area contributed by atoms with Crippen molar-refractivity contribution in [2.75, 3.05) is 11.5 Å².